The van der Waals surface area contributed by atoms with Crippen LogP contribution in [-0.2, 0) is 11.8 Å². The molecule has 0 fully saturated rings. The quantitative estimate of drug-likeness (QED) is 0.527. The van der Waals surface area contributed by atoms with Crippen LogP contribution in [0.15, 0.2) is 48.7 Å². The van der Waals surface area contributed by atoms with E-state index in [1.807, 2.05) is 35.9 Å². The van der Waals surface area contributed by atoms with Crippen LogP contribution in [0.25, 0.3) is 10.9 Å². The Bertz CT molecular complexity index is 961. The number of hydrogen-bond donors (Lipinski definition) is 0. The summed E-state index contributed by atoms with van der Waals surface area (Å²) in [4.78, 5) is 24.6. The Morgan fingerprint density at radius 2 is 1.88 bits per heavy atom. The molecule has 0 amide bonds. The second-order valence-corrected chi connectivity index (χ2v) is 5.51. The second-order valence-electron chi connectivity index (χ2n) is 5.51. The van der Waals surface area contributed by atoms with Crippen molar-refractivity contribution in [3.05, 3.63) is 65.6 Å². The van der Waals surface area contributed by atoms with Gasteiger partial charge in [-0.05, 0) is 24.3 Å². The van der Waals surface area contributed by atoms with Crippen molar-refractivity contribution < 1.29 is 23.5 Å². The average molecular weight is 341 g/mol. The first-order valence-corrected chi connectivity index (χ1v) is 7.59. The Morgan fingerprint density at radius 3 is 2.64 bits per heavy atom. The first-order valence-electron chi connectivity index (χ1n) is 7.59. The fourth-order valence-electron chi connectivity index (χ4n) is 2.69. The zero-order valence-corrected chi connectivity index (χ0v) is 13.8. The molecule has 1 aromatic heterocycles. The predicted molar refractivity (Wildman–Crippen MR) is 90.5 cm³/mol. The Kier molecular flexibility index (Phi) is 4.52. The second kappa shape index (κ2) is 6.76. The van der Waals surface area contributed by atoms with Crippen molar-refractivity contribution >= 4 is 22.7 Å². The van der Waals surface area contributed by atoms with Crippen molar-refractivity contribution in [2.24, 2.45) is 7.05 Å². The molecule has 0 saturated carbocycles. The summed E-state index contributed by atoms with van der Waals surface area (Å²) in [5, 5.41) is 0.741. The molecule has 0 N–H and O–H groups in total. The van der Waals surface area contributed by atoms with Gasteiger partial charge in [0.15, 0.2) is 6.61 Å². The summed E-state index contributed by atoms with van der Waals surface area (Å²) in [6, 6.07) is 11.0. The smallest absolute Gasteiger partial charge is 0.340 e. The summed E-state index contributed by atoms with van der Waals surface area (Å²) in [5.41, 5.74) is 1.29. The van der Waals surface area contributed by atoms with E-state index in [0.29, 0.717) is 5.56 Å². The minimum atomic E-state index is -0.611. The molecule has 3 aromatic rings. The lowest BCUT2D eigenvalue weighted by atomic mass is 10.1. The molecule has 6 heteroatoms. The number of hydrogen-bond acceptors (Lipinski definition) is 4. The lowest BCUT2D eigenvalue weighted by Crippen LogP contribution is -2.15. The van der Waals surface area contributed by atoms with Gasteiger partial charge < -0.3 is 14.0 Å². The third-order valence-corrected chi connectivity index (χ3v) is 3.91. The van der Waals surface area contributed by atoms with Crippen molar-refractivity contribution in [2.75, 3.05) is 13.7 Å². The molecule has 1 heterocycles. The number of ether oxygens (including phenoxy) is 2. The summed E-state index contributed by atoms with van der Waals surface area (Å²) < 4.78 is 25.3. The minimum Gasteiger partial charge on any atom is -0.496 e. The fraction of sp³-hybridized carbons (Fsp3) is 0.158. The number of aromatic nitrogens is 1. The van der Waals surface area contributed by atoms with Crippen LogP contribution in [0.3, 0.4) is 0 Å². The highest BCUT2D eigenvalue weighted by molar-refractivity contribution is 6.06. The summed E-state index contributed by atoms with van der Waals surface area (Å²) in [6.45, 7) is -0.498. The number of aryl methyl sites for hydroxylation is 1. The summed E-state index contributed by atoms with van der Waals surface area (Å²) in [5.74, 6) is -1.48. The minimum absolute atomic E-state index is 0.0354. The molecular weight excluding hydrogens is 325 g/mol. The third kappa shape index (κ3) is 3.24. The topological polar surface area (TPSA) is 57.5 Å². The van der Waals surface area contributed by atoms with Crippen LogP contribution in [0.5, 0.6) is 5.75 Å². The lowest BCUT2D eigenvalue weighted by Gasteiger charge is -2.08. The van der Waals surface area contributed by atoms with Gasteiger partial charge in [0.25, 0.3) is 0 Å². The Labute approximate surface area is 143 Å². The Hall–Kier alpha value is -3.15. The van der Waals surface area contributed by atoms with Crippen LogP contribution in [0.1, 0.15) is 20.7 Å². The molecule has 0 radical (unpaired) electrons. The van der Waals surface area contributed by atoms with Gasteiger partial charge in [0.1, 0.15) is 11.6 Å². The molecule has 0 aliphatic rings. The van der Waals surface area contributed by atoms with E-state index >= 15 is 0 Å². The van der Waals surface area contributed by atoms with Gasteiger partial charge in [0, 0.05) is 24.1 Å². The van der Waals surface area contributed by atoms with Gasteiger partial charge in [-0.15, -0.1) is 0 Å². The van der Waals surface area contributed by atoms with Crippen molar-refractivity contribution in [3.8, 4) is 5.75 Å². The molecule has 3 rings (SSSR count). The van der Waals surface area contributed by atoms with Crippen molar-refractivity contribution in [2.45, 2.75) is 0 Å². The first kappa shape index (κ1) is 16.7. The molecule has 0 aliphatic carbocycles. The third-order valence-electron chi connectivity index (χ3n) is 3.91. The zero-order chi connectivity index (χ0) is 18.0. The predicted octanol–water partition coefficient (Wildman–Crippen LogP) is 3.37. The highest BCUT2D eigenvalue weighted by atomic mass is 19.1. The normalized spacial score (nSPS) is 10.7. The van der Waals surface area contributed by atoms with Gasteiger partial charge in [-0.2, -0.15) is 0 Å². The van der Waals surface area contributed by atoms with Gasteiger partial charge in [-0.25, -0.2) is 9.18 Å². The molecule has 5 nitrogen and oxygen atoms in total. The van der Waals surface area contributed by atoms with Gasteiger partial charge in [-0.1, -0.05) is 18.2 Å². The van der Waals surface area contributed by atoms with Gasteiger partial charge >= 0.3 is 5.97 Å². The van der Waals surface area contributed by atoms with Gasteiger partial charge in [-0.3, -0.25) is 4.79 Å². The van der Waals surface area contributed by atoms with Gasteiger partial charge in [0.05, 0.1) is 18.2 Å². The SMILES string of the molecule is COc1ccc(F)cc1C(=O)COC(=O)c1cn(C)c2ccccc12. The maximum Gasteiger partial charge on any atom is 0.340 e. The number of halogens is 1. The van der Waals surface area contributed by atoms with E-state index in [1.54, 1.807) is 6.20 Å². The molecule has 2 aromatic carbocycles. The summed E-state index contributed by atoms with van der Waals surface area (Å²) in [6.07, 6.45) is 1.65. The fourth-order valence-corrected chi connectivity index (χ4v) is 2.69. The van der Waals surface area contributed by atoms with Crippen molar-refractivity contribution in [1.82, 2.24) is 4.57 Å². The Balaban J connectivity index is 1.78. The molecule has 128 valence electrons. The van der Waals surface area contributed by atoms with Crippen LogP contribution in [0, 0.1) is 5.82 Å². The van der Waals surface area contributed by atoms with Crippen LogP contribution < -0.4 is 4.74 Å². The van der Waals surface area contributed by atoms with Crippen LogP contribution in [-0.4, -0.2) is 30.0 Å². The number of methoxy groups -OCH3 is 1. The number of rotatable bonds is 5. The average Bonchev–Trinajstić information content (AvgIpc) is 2.96. The number of ketones is 1. The molecule has 0 bridgehead atoms. The largest absolute Gasteiger partial charge is 0.496 e. The van der Waals surface area contributed by atoms with Crippen LogP contribution in [0.2, 0.25) is 0 Å². The van der Waals surface area contributed by atoms with E-state index in [9.17, 15) is 14.0 Å². The number of carbonyl (C=O) groups excluding carboxylic acids is 2. The van der Waals surface area contributed by atoms with Crippen molar-refractivity contribution in [3.63, 3.8) is 0 Å². The lowest BCUT2D eigenvalue weighted by molar-refractivity contribution is 0.0475. The van der Waals surface area contributed by atoms with Crippen molar-refractivity contribution in [1.29, 1.82) is 0 Å². The summed E-state index contributed by atoms with van der Waals surface area (Å²) >= 11 is 0. The van der Waals surface area contributed by atoms with Gasteiger partial charge in [0.2, 0.25) is 5.78 Å². The number of para-hydroxylation sites is 1. The standard InChI is InChI=1S/C19H16FNO4/c1-21-10-15(13-5-3-4-6-16(13)21)19(23)25-11-17(22)14-9-12(20)7-8-18(14)24-2/h3-10H,11H2,1-2H3. The highest BCUT2D eigenvalue weighted by Crippen LogP contribution is 2.22. The molecule has 0 aliphatic heterocycles. The first-order chi connectivity index (χ1) is 12.0. The molecular formula is C19H16FNO4. The molecule has 0 unspecified atom stereocenters. The zero-order valence-electron chi connectivity index (χ0n) is 13.8. The monoisotopic (exact) mass is 341 g/mol. The maximum atomic E-state index is 13.4. The van der Waals surface area contributed by atoms with Crippen LogP contribution >= 0.6 is 0 Å². The maximum absolute atomic E-state index is 13.4. The van der Waals surface area contributed by atoms with E-state index in [-0.39, 0.29) is 11.3 Å². The van der Waals surface area contributed by atoms with E-state index in [0.717, 1.165) is 17.0 Å². The highest BCUT2D eigenvalue weighted by Gasteiger charge is 2.19. The molecule has 0 atom stereocenters. The number of benzene rings is 2. The van der Waals surface area contributed by atoms with E-state index in [1.165, 1.54) is 19.2 Å². The van der Waals surface area contributed by atoms with E-state index in [4.69, 9.17) is 9.47 Å². The number of Topliss-reactive ketones (excluding diaryl/α,β-unsaturated/α-hetero) is 1. The molecule has 25 heavy (non-hydrogen) atoms. The van der Waals surface area contributed by atoms with Crippen LogP contribution in [0.4, 0.5) is 4.39 Å². The number of nitrogens with zero attached hydrogens (tertiary/aromatic N) is 1. The molecule has 0 saturated heterocycles. The summed E-state index contributed by atoms with van der Waals surface area (Å²) in [7, 11) is 3.20. The van der Waals surface area contributed by atoms with E-state index < -0.39 is 24.2 Å². The number of esters is 1. The van der Waals surface area contributed by atoms with E-state index in [2.05, 4.69) is 0 Å². The molecule has 0 spiro atoms. The number of carbonyl (C=O) groups is 2. The Morgan fingerprint density at radius 1 is 1.12 bits per heavy atom. The number of fused-ring (bicyclic) bond motifs is 1.